The Labute approximate surface area is 283 Å². The Balaban J connectivity index is 0.000000537. The highest BCUT2D eigenvalue weighted by molar-refractivity contribution is 6.31. The van der Waals surface area contributed by atoms with Gasteiger partial charge in [0.1, 0.15) is 6.04 Å². The molecule has 0 saturated carbocycles. The van der Waals surface area contributed by atoms with Crippen LogP contribution in [0.1, 0.15) is 42.1 Å². The number of unbranched alkanes of at least 4 members (excludes halogenated alkanes) is 1. The van der Waals surface area contributed by atoms with E-state index < -0.39 is 48.3 Å². The molecule has 0 fully saturated rings. The predicted molar refractivity (Wildman–Crippen MR) is 167 cm³/mol. The summed E-state index contributed by atoms with van der Waals surface area (Å²) in [4.78, 5) is 59.9. The van der Waals surface area contributed by atoms with Gasteiger partial charge in [-0.1, -0.05) is 41.9 Å². The van der Waals surface area contributed by atoms with Gasteiger partial charge in [-0.3, -0.25) is 24.0 Å². The van der Waals surface area contributed by atoms with E-state index >= 15 is 0 Å². The number of likely N-dealkylation sites (N-methyl/N-ethyl adjacent to an activating group) is 1. The Morgan fingerprint density at radius 2 is 1.43 bits per heavy atom. The lowest BCUT2D eigenvalue weighted by Gasteiger charge is -2.23. The SMILES string of the molecule is CCNC(=O)C(CCCCNC(=O)C(OC)C(F)(F)F)NC(=O)C(OC)C(F)(F)F.CN(C=O)c1ccc(Cl)cc1C(=O)c1ccccc1. The Kier molecular flexibility index (Phi) is 17.8. The number of rotatable bonds is 16. The average molecular weight is 727 g/mol. The fourth-order valence-electron chi connectivity index (χ4n) is 4.17. The summed E-state index contributed by atoms with van der Waals surface area (Å²) >= 11 is 5.94. The minimum Gasteiger partial charge on any atom is -0.363 e. The van der Waals surface area contributed by atoms with Crippen molar-refractivity contribution in [3.63, 3.8) is 0 Å². The van der Waals surface area contributed by atoms with Crippen molar-refractivity contribution >= 4 is 47.2 Å². The van der Waals surface area contributed by atoms with Crippen LogP contribution in [0.3, 0.4) is 0 Å². The number of carbonyl (C=O) groups excluding carboxylic acids is 5. The summed E-state index contributed by atoms with van der Waals surface area (Å²) in [7, 11) is 3.01. The number of methoxy groups -OCH3 is 2. The number of amides is 4. The molecule has 0 saturated heterocycles. The lowest BCUT2D eigenvalue weighted by atomic mass is 10.0. The number of alkyl halides is 6. The van der Waals surface area contributed by atoms with Crippen molar-refractivity contribution in [1.82, 2.24) is 16.0 Å². The molecule has 18 heteroatoms. The number of nitrogens with zero attached hydrogens (tertiary/aromatic N) is 1. The average Bonchev–Trinajstić information content (AvgIpc) is 3.03. The molecule has 11 nitrogen and oxygen atoms in total. The molecule has 2 rings (SSSR count). The van der Waals surface area contributed by atoms with Crippen LogP contribution in [0.2, 0.25) is 5.02 Å². The number of ether oxygens (including phenoxy) is 2. The van der Waals surface area contributed by atoms with Gasteiger partial charge in [0.15, 0.2) is 5.78 Å². The second kappa shape index (κ2) is 20.3. The van der Waals surface area contributed by atoms with E-state index in [0.29, 0.717) is 35.4 Å². The lowest BCUT2D eigenvalue weighted by Crippen LogP contribution is -2.53. The van der Waals surface area contributed by atoms with Gasteiger partial charge in [-0.15, -0.1) is 0 Å². The topological polar surface area (TPSA) is 143 Å². The lowest BCUT2D eigenvalue weighted by molar-refractivity contribution is -0.213. The highest BCUT2D eigenvalue weighted by atomic mass is 35.5. The molecule has 0 aromatic heterocycles. The van der Waals surface area contributed by atoms with Crippen LogP contribution in [0.4, 0.5) is 32.0 Å². The summed E-state index contributed by atoms with van der Waals surface area (Å²) < 4.78 is 84.2. The summed E-state index contributed by atoms with van der Waals surface area (Å²) in [6.45, 7) is 1.52. The number of ketones is 1. The molecule has 272 valence electrons. The molecule has 2 aromatic carbocycles. The number of hydrogen-bond acceptors (Lipinski definition) is 7. The number of halogens is 7. The monoisotopic (exact) mass is 726 g/mol. The van der Waals surface area contributed by atoms with E-state index in [4.69, 9.17) is 11.6 Å². The molecule has 0 heterocycles. The maximum atomic E-state index is 12.8. The fourth-order valence-corrected chi connectivity index (χ4v) is 4.34. The molecular weight excluding hydrogens is 690 g/mol. The first-order valence-electron chi connectivity index (χ1n) is 14.5. The van der Waals surface area contributed by atoms with Gasteiger partial charge in [0, 0.05) is 50.5 Å². The molecule has 2 aromatic rings. The van der Waals surface area contributed by atoms with Crippen LogP contribution in [0.15, 0.2) is 48.5 Å². The van der Waals surface area contributed by atoms with E-state index in [9.17, 15) is 50.3 Å². The van der Waals surface area contributed by atoms with Crippen LogP contribution < -0.4 is 20.9 Å². The van der Waals surface area contributed by atoms with Gasteiger partial charge in [-0.2, -0.15) is 26.3 Å². The zero-order chi connectivity index (χ0) is 37.4. The minimum atomic E-state index is -4.98. The van der Waals surface area contributed by atoms with Gasteiger partial charge in [0.05, 0.1) is 5.69 Å². The van der Waals surface area contributed by atoms with E-state index in [-0.39, 0.29) is 38.1 Å². The van der Waals surface area contributed by atoms with E-state index in [0.717, 1.165) is 7.11 Å². The Morgan fingerprint density at radius 3 is 1.94 bits per heavy atom. The van der Waals surface area contributed by atoms with Crippen molar-refractivity contribution < 1.29 is 59.8 Å². The van der Waals surface area contributed by atoms with Gasteiger partial charge in [0.2, 0.25) is 24.5 Å². The molecule has 0 aliphatic heterocycles. The zero-order valence-corrected chi connectivity index (χ0v) is 27.7. The Bertz CT molecular complexity index is 1400. The third-order valence-corrected chi connectivity index (χ3v) is 6.76. The third kappa shape index (κ3) is 14.0. The third-order valence-electron chi connectivity index (χ3n) is 6.52. The van der Waals surface area contributed by atoms with Crippen LogP contribution in [-0.4, -0.2) is 94.9 Å². The molecule has 49 heavy (non-hydrogen) atoms. The Hall–Kier alpha value is -4.22. The molecule has 3 unspecified atom stereocenters. The van der Waals surface area contributed by atoms with Crippen molar-refractivity contribution in [2.24, 2.45) is 0 Å². The zero-order valence-electron chi connectivity index (χ0n) is 26.9. The fraction of sp³-hybridized carbons (Fsp3) is 0.452. The van der Waals surface area contributed by atoms with Gasteiger partial charge in [-0.25, -0.2) is 0 Å². The first kappa shape index (κ1) is 42.8. The number of hydrogen-bond donors (Lipinski definition) is 3. The molecule has 0 bridgehead atoms. The van der Waals surface area contributed by atoms with Crippen LogP contribution in [0.5, 0.6) is 0 Å². The second-order valence-corrected chi connectivity index (χ2v) is 10.6. The van der Waals surface area contributed by atoms with Crippen molar-refractivity contribution in [1.29, 1.82) is 0 Å². The maximum absolute atomic E-state index is 12.8. The standard InChI is InChI=1S/C16H25F6N3O5.C15H12ClNO2/c1-4-23-12(26)9(25-14(28)11(30-3)16(20,21)22)7-5-6-8-24-13(27)10(29-2)15(17,18)19;1-17(10-18)14-8-7-12(16)9-13(14)15(19)11-5-3-2-4-6-11/h9-11H,4-8H2,1-3H3,(H,23,26)(H,24,27)(H,25,28);2-10H,1H3. The van der Waals surface area contributed by atoms with Crippen LogP contribution in [0, 0.1) is 0 Å². The predicted octanol–water partition coefficient (Wildman–Crippen LogP) is 4.21. The Morgan fingerprint density at radius 1 is 0.857 bits per heavy atom. The van der Waals surface area contributed by atoms with E-state index in [1.807, 2.05) is 16.7 Å². The van der Waals surface area contributed by atoms with Gasteiger partial charge in [-0.05, 0) is 44.4 Å². The summed E-state index contributed by atoms with van der Waals surface area (Å²) in [5, 5.41) is 6.79. The second-order valence-electron chi connectivity index (χ2n) is 10.1. The normalized spacial score (nSPS) is 13.1. The van der Waals surface area contributed by atoms with Crippen molar-refractivity contribution in [2.75, 3.05) is 39.3 Å². The van der Waals surface area contributed by atoms with Crippen molar-refractivity contribution in [3.05, 3.63) is 64.7 Å². The number of anilines is 1. The molecular formula is C31H37ClF6N4O7. The highest BCUT2D eigenvalue weighted by Crippen LogP contribution is 2.26. The molecule has 4 amide bonds. The summed E-state index contributed by atoms with van der Waals surface area (Å²) in [5.41, 5.74) is 1.51. The molecule has 0 spiro atoms. The number of benzene rings is 2. The first-order valence-corrected chi connectivity index (χ1v) is 14.9. The van der Waals surface area contributed by atoms with E-state index in [1.165, 1.54) is 4.90 Å². The number of carbonyl (C=O) groups is 5. The summed E-state index contributed by atoms with van der Waals surface area (Å²) in [5.74, 6) is -3.84. The van der Waals surface area contributed by atoms with Gasteiger partial charge in [0.25, 0.3) is 11.8 Å². The smallest absolute Gasteiger partial charge is 0.363 e. The molecule has 0 radical (unpaired) electrons. The molecule has 3 atom stereocenters. The molecule has 0 aliphatic carbocycles. The van der Waals surface area contributed by atoms with Crippen LogP contribution in [0.25, 0.3) is 0 Å². The van der Waals surface area contributed by atoms with E-state index in [2.05, 4.69) is 14.8 Å². The van der Waals surface area contributed by atoms with Gasteiger partial charge >= 0.3 is 12.4 Å². The van der Waals surface area contributed by atoms with Gasteiger partial charge < -0.3 is 30.3 Å². The molecule has 0 aliphatic rings. The maximum Gasteiger partial charge on any atom is 0.423 e. The van der Waals surface area contributed by atoms with Crippen LogP contribution >= 0.6 is 11.6 Å². The minimum absolute atomic E-state index is 0.0960. The first-order chi connectivity index (χ1) is 22.9. The van der Waals surface area contributed by atoms with Crippen molar-refractivity contribution in [3.8, 4) is 0 Å². The quantitative estimate of drug-likeness (QED) is 0.102. The highest BCUT2D eigenvalue weighted by Gasteiger charge is 2.46. The van der Waals surface area contributed by atoms with E-state index in [1.54, 1.807) is 56.4 Å². The van der Waals surface area contributed by atoms with Crippen molar-refractivity contribution in [2.45, 2.75) is 56.8 Å². The summed E-state index contributed by atoms with van der Waals surface area (Å²) in [6.07, 6.45) is -14.5. The largest absolute Gasteiger partial charge is 0.423 e. The summed E-state index contributed by atoms with van der Waals surface area (Å²) in [6, 6.07) is 12.4. The number of nitrogens with one attached hydrogen (secondary N) is 3. The molecule has 3 N–H and O–H groups in total. The van der Waals surface area contributed by atoms with Crippen LogP contribution in [-0.2, 0) is 28.7 Å².